The van der Waals surface area contributed by atoms with Crippen LogP contribution in [0.1, 0.15) is 18.9 Å². The normalized spacial score (nSPS) is 11.3. The Kier molecular flexibility index (Phi) is 8.18. The number of hydrogen-bond donors (Lipinski definition) is 1. The number of rotatable bonds is 7. The summed E-state index contributed by atoms with van der Waals surface area (Å²) in [4.78, 5) is 0. The molecule has 4 nitrogen and oxygen atoms in total. The Morgan fingerprint density at radius 2 is 1.83 bits per heavy atom. The van der Waals surface area contributed by atoms with E-state index in [1.54, 1.807) is 0 Å². The average molecular weight is 293 g/mol. The largest absolute Gasteiger partial charge is 0.329 e. The summed E-state index contributed by atoms with van der Waals surface area (Å²) >= 11 is 0. The van der Waals surface area contributed by atoms with Gasteiger partial charge in [0, 0.05) is 19.6 Å². The quantitative estimate of drug-likeness (QED) is 0.830. The molecule has 0 saturated heterocycles. The van der Waals surface area contributed by atoms with Crippen LogP contribution >= 0.6 is 12.4 Å². The smallest absolute Gasteiger partial charge is 0.214 e. The second-order valence-electron chi connectivity index (χ2n) is 3.92. The van der Waals surface area contributed by atoms with Gasteiger partial charge in [-0.15, -0.1) is 12.4 Å². The minimum Gasteiger partial charge on any atom is -0.329 e. The summed E-state index contributed by atoms with van der Waals surface area (Å²) in [5.41, 5.74) is 6.46. The summed E-state index contributed by atoms with van der Waals surface area (Å²) in [5.74, 6) is 0.180. The Morgan fingerprint density at radius 3 is 2.33 bits per heavy atom. The fourth-order valence-corrected chi connectivity index (χ4v) is 3.14. The Bertz CT molecular complexity index is 423. The summed E-state index contributed by atoms with van der Waals surface area (Å²) in [7, 11) is -3.18. The summed E-state index contributed by atoms with van der Waals surface area (Å²) in [5, 5.41) is 0. The van der Waals surface area contributed by atoms with Crippen molar-refractivity contribution in [3.8, 4) is 0 Å². The molecule has 0 aliphatic heterocycles. The van der Waals surface area contributed by atoms with E-state index in [0.717, 1.165) is 5.56 Å². The molecule has 0 spiro atoms. The zero-order chi connectivity index (χ0) is 12.7. The highest BCUT2D eigenvalue weighted by molar-refractivity contribution is 7.89. The van der Waals surface area contributed by atoms with Gasteiger partial charge in [-0.05, 0) is 12.0 Å². The number of nitrogens with two attached hydrogens (primary N) is 1. The summed E-state index contributed by atoms with van der Waals surface area (Å²) in [6.45, 7) is 2.98. The molecule has 0 saturated carbocycles. The van der Waals surface area contributed by atoms with Gasteiger partial charge in [-0.2, -0.15) is 4.31 Å². The Labute approximate surface area is 116 Å². The van der Waals surface area contributed by atoms with Gasteiger partial charge in [-0.1, -0.05) is 37.3 Å². The summed E-state index contributed by atoms with van der Waals surface area (Å²) < 4.78 is 25.5. The number of sulfonamides is 1. The molecule has 0 heterocycles. The van der Waals surface area contributed by atoms with Gasteiger partial charge >= 0.3 is 0 Å². The van der Waals surface area contributed by atoms with Crippen molar-refractivity contribution >= 4 is 22.4 Å². The predicted octanol–water partition coefficient (Wildman–Crippen LogP) is 1.61. The predicted molar refractivity (Wildman–Crippen MR) is 77.2 cm³/mol. The number of halogens is 1. The lowest BCUT2D eigenvalue weighted by atomic mass is 10.2. The highest BCUT2D eigenvalue weighted by Crippen LogP contribution is 2.10. The highest BCUT2D eigenvalue weighted by Gasteiger charge is 2.20. The zero-order valence-corrected chi connectivity index (χ0v) is 12.2. The molecule has 2 N–H and O–H groups in total. The first kappa shape index (κ1) is 17.4. The van der Waals surface area contributed by atoms with E-state index in [0.29, 0.717) is 26.1 Å². The third-order valence-electron chi connectivity index (χ3n) is 2.44. The molecule has 0 bridgehead atoms. The maximum atomic E-state index is 12.0. The Hall–Kier alpha value is -0.620. The lowest BCUT2D eigenvalue weighted by Crippen LogP contribution is -2.36. The van der Waals surface area contributed by atoms with Crippen LogP contribution in [0.3, 0.4) is 0 Å². The van der Waals surface area contributed by atoms with Crippen molar-refractivity contribution in [2.24, 2.45) is 5.73 Å². The van der Waals surface area contributed by atoms with E-state index < -0.39 is 10.0 Å². The maximum absolute atomic E-state index is 12.0. The van der Waals surface area contributed by atoms with Crippen molar-refractivity contribution in [1.29, 1.82) is 0 Å². The van der Waals surface area contributed by atoms with Crippen LogP contribution in [0.2, 0.25) is 0 Å². The van der Waals surface area contributed by atoms with Gasteiger partial charge in [0.25, 0.3) is 0 Å². The van der Waals surface area contributed by atoms with Crippen LogP contribution in [0.5, 0.6) is 0 Å². The van der Waals surface area contributed by atoms with Gasteiger partial charge in [0.15, 0.2) is 0 Å². The maximum Gasteiger partial charge on any atom is 0.214 e. The van der Waals surface area contributed by atoms with Crippen molar-refractivity contribution in [3.05, 3.63) is 35.9 Å². The molecule has 104 valence electrons. The van der Waals surface area contributed by atoms with Gasteiger partial charge in [-0.3, -0.25) is 0 Å². The minimum absolute atomic E-state index is 0. The van der Waals surface area contributed by atoms with Crippen LogP contribution in [0.15, 0.2) is 30.3 Å². The first-order valence-electron chi connectivity index (χ1n) is 5.82. The molecule has 0 aromatic heterocycles. The van der Waals surface area contributed by atoms with Crippen molar-refractivity contribution < 1.29 is 8.42 Å². The molecule has 1 aromatic carbocycles. The van der Waals surface area contributed by atoms with Gasteiger partial charge in [0.2, 0.25) is 10.0 Å². The fraction of sp³-hybridized carbons (Fsp3) is 0.500. The first-order chi connectivity index (χ1) is 8.10. The van der Waals surface area contributed by atoms with E-state index >= 15 is 0 Å². The molecule has 1 rings (SSSR count). The van der Waals surface area contributed by atoms with E-state index in [4.69, 9.17) is 5.73 Å². The van der Waals surface area contributed by atoms with Crippen molar-refractivity contribution in [2.75, 3.05) is 18.8 Å². The Morgan fingerprint density at radius 1 is 1.22 bits per heavy atom. The molecule has 0 atom stereocenters. The third-order valence-corrected chi connectivity index (χ3v) is 4.46. The van der Waals surface area contributed by atoms with Crippen LogP contribution in [-0.2, 0) is 16.6 Å². The number of hydrogen-bond acceptors (Lipinski definition) is 3. The summed E-state index contributed by atoms with van der Waals surface area (Å²) in [6.07, 6.45) is 0.623. The molecule has 0 aliphatic rings. The highest BCUT2D eigenvalue weighted by atomic mass is 35.5. The molecule has 0 aliphatic carbocycles. The minimum atomic E-state index is -3.18. The second-order valence-corrected chi connectivity index (χ2v) is 6.01. The van der Waals surface area contributed by atoms with E-state index in [1.165, 1.54) is 4.31 Å². The molecule has 1 aromatic rings. The fourth-order valence-electron chi connectivity index (χ4n) is 1.63. The average Bonchev–Trinajstić information content (AvgIpc) is 2.30. The van der Waals surface area contributed by atoms with Gasteiger partial charge in [0.1, 0.15) is 0 Å². The standard InChI is InChI=1S/C12H20N2O2S.ClH/c1-2-10-17(15,16)14(9-8-13)11-12-6-4-3-5-7-12;/h3-7H,2,8-11,13H2,1H3;1H. The van der Waals surface area contributed by atoms with Crippen molar-refractivity contribution in [3.63, 3.8) is 0 Å². The van der Waals surface area contributed by atoms with Crippen molar-refractivity contribution in [2.45, 2.75) is 19.9 Å². The molecule has 0 radical (unpaired) electrons. The molecular formula is C12H21ClN2O2S. The van der Waals surface area contributed by atoms with Gasteiger partial charge < -0.3 is 5.73 Å². The lowest BCUT2D eigenvalue weighted by molar-refractivity contribution is 0.413. The van der Waals surface area contributed by atoms with Crippen LogP contribution in [0, 0.1) is 0 Å². The summed E-state index contributed by atoms with van der Waals surface area (Å²) in [6, 6.07) is 9.57. The molecular weight excluding hydrogens is 272 g/mol. The molecule has 0 fully saturated rings. The molecule has 18 heavy (non-hydrogen) atoms. The SMILES string of the molecule is CCCS(=O)(=O)N(CCN)Cc1ccccc1.Cl. The van der Waals surface area contributed by atoms with E-state index in [9.17, 15) is 8.42 Å². The van der Waals surface area contributed by atoms with Crippen molar-refractivity contribution in [1.82, 2.24) is 4.31 Å². The monoisotopic (exact) mass is 292 g/mol. The van der Waals surface area contributed by atoms with Gasteiger partial charge in [-0.25, -0.2) is 8.42 Å². The topological polar surface area (TPSA) is 63.4 Å². The van der Waals surface area contributed by atoms with Crippen LogP contribution < -0.4 is 5.73 Å². The lowest BCUT2D eigenvalue weighted by Gasteiger charge is -2.21. The first-order valence-corrected chi connectivity index (χ1v) is 7.43. The van der Waals surface area contributed by atoms with Crippen LogP contribution in [0.25, 0.3) is 0 Å². The second kappa shape index (κ2) is 8.48. The molecule has 0 amide bonds. The van der Waals surface area contributed by atoms with E-state index in [1.807, 2.05) is 37.3 Å². The van der Waals surface area contributed by atoms with Crippen LogP contribution in [-0.4, -0.2) is 31.6 Å². The zero-order valence-electron chi connectivity index (χ0n) is 10.6. The number of benzene rings is 1. The number of nitrogens with zero attached hydrogens (tertiary/aromatic N) is 1. The Balaban J connectivity index is 0.00000289. The molecule has 0 unspecified atom stereocenters. The van der Waals surface area contributed by atoms with Crippen LogP contribution in [0.4, 0.5) is 0 Å². The molecule has 6 heteroatoms. The van der Waals surface area contributed by atoms with E-state index in [2.05, 4.69) is 0 Å². The van der Waals surface area contributed by atoms with E-state index in [-0.39, 0.29) is 18.2 Å². The third kappa shape index (κ3) is 5.35. The van der Waals surface area contributed by atoms with Gasteiger partial charge in [0.05, 0.1) is 5.75 Å².